The third-order valence-corrected chi connectivity index (χ3v) is 3.68. The van der Waals surface area contributed by atoms with E-state index in [0.29, 0.717) is 27.5 Å². The maximum Gasteiger partial charge on any atom is 0.255 e. The Hall–Kier alpha value is -3.18. The molecule has 3 rings (SSSR count). The normalized spacial score (nSPS) is 10.1. The van der Waals surface area contributed by atoms with E-state index in [9.17, 15) is 9.59 Å². The Labute approximate surface area is 149 Å². The molecule has 0 saturated carbocycles. The number of amides is 2. The van der Waals surface area contributed by atoms with Crippen LogP contribution in [-0.4, -0.2) is 16.8 Å². The first-order valence-corrected chi connectivity index (χ1v) is 7.88. The van der Waals surface area contributed by atoms with Crippen LogP contribution in [0.1, 0.15) is 20.7 Å². The first-order chi connectivity index (χ1) is 12.1. The molecule has 5 nitrogen and oxygen atoms in total. The number of hydrogen-bond donors (Lipinski definition) is 2. The number of carbonyl (C=O) groups excluding carboxylic acids is 2. The lowest BCUT2D eigenvalue weighted by atomic mass is 10.1. The molecule has 0 aliphatic carbocycles. The topological polar surface area (TPSA) is 71.1 Å². The minimum Gasteiger partial charge on any atom is -0.322 e. The molecule has 0 unspecified atom stereocenters. The van der Waals surface area contributed by atoms with Crippen molar-refractivity contribution in [2.24, 2.45) is 0 Å². The first-order valence-electron chi connectivity index (χ1n) is 7.50. The van der Waals surface area contributed by atoms with Crippen LogP contribution in [-0.2, 0) is 0 Å². The summed E-state index contributed by atoms with van der Waals surface area (Å²) in [6.45, 7) is 0. The summed E-state index contributed by atoms with van der Waals surface area (Å²) >= 11 is 5.81. The van der Waals surface area contributed by atoms with Crippen molar-refractivity contribution in [2.45, 2.75) is 0 Å². The van der Waals surface area contributed by atoms with Gasteiger partial charge in [0.2, 0.25) is 0 Å². The molecule has 0 saturated heterocycles. The highest BCUT2D eigenvalue weighted by atomic mass is 35.5. The van der Waals surface area contributed by atoms with Crippen LogP contribution in [0, 0.1) is 0 Å². The van der Waals surface area contributed by atoms with Crippen molar-refractivity contribution in [3.8, 4) is 0 Å². The Morgan fingerprint density at radius 3 is 1.88 bits per heavy atom. The van der Waals surface area contributed by atoms with Gasteiger partial charge in [-0.05, 0) is 60.7 Å². The number of halogens is 1. The quantitative estimate of drug-likeness (QED) is 0.738. The molecular weight excluding hydrogens is 338 g/mol. The second-order valence-electron chi connectivity index (χ2n) is 5.23. The lowest BCUT2D eigenvalue weighted by molar-refractivity contribution is 0.102. The third kappa shape index (κ3) is 4.43. The van der Waals surface area contributed by atoms with Crippen molar-refractivity contribution in [1.29, 1.82) is 0 Å². The summed E-state index contributed by atoms with van der Waals surface area (Å²) in [4.78, 5) is 28.2. The molecular formula is C19H14ClN3O2. The van der Waals surface area contributed by atoms with E-state index in [1.165, 1.54) is 0 Å². The van der Waals surface area contributed by atoms with E-state index in [2.05, 4.69) is 15.6 Å². The van der Waals surface area contributed by atoms with Gasteiger partial charge in [0.25, 0.3) is 11.8 Å². The average Bonchev–Trinajstić information content (AvgIpc) is 2.63. The van der Waals surface area contributed by atoms with Crippen molar-refractivity contribution in [2.75, 3.05) is 10.6 Å². The number of nitrogens with one attached hydrogen (secondary N) is 2. The fourth-order valence-corrected chi connectivity index (χ4v) is 2.28. The highest BCUT2D eigenvalue weighted by Gasteiger charge is 2.08. The summed E-state index contributed by atoms with van der Waals surface area (Å²) < 4.78 is 0. The van der Waals surface area contributed by atoms with Crippen molar-refractivity contribution in [1.82, 2.24) is 4.98 Å². The molecule has 2 N–H and O–H groups in total. The molecule has 0 fully saturated rings. The molecule has 0 aliphatic rings. The van der Waals surface area contributed by atoms with Crippen LogP contribution >= 0.6 is 11.6 Å². The highest BCUT2D eigenvalue weighted by Crippen LogP contribution is 2.15. The van der Waals surface area contributed by atoms with Crippen molar-refractivity contribution in [3.05, 3.63) is 89.2 Å². The maximum absolute atomic E-state index is 12.2. The molecule has 0 aliphatic heterocycles. The van der Waals surface area contributed by atoms with Gasteiger partial charge in [0.1, 0.15) is 0 Å². The summed E-state index contributed by atoms with van der Waals surface area (Å²) in [7, 11) is 0. The molecule has 1 aromatic heterocycles. The monoisotopic (exact) mass is 351 g/mol. The zero-order valence-corrected chi connectivity index (χ0v) is 13.8. The Balaban J connectivity index is 1.64. The van der Waals surface area contributed by atoms with Gasteiger partial charge in [0, 0.05) is 28.0 Å². The molecule has 3 aromatic rings. The number of benzene rings is 2. The smallest absolute Gasteiger partial charge is 0.255 e. The summed E-state index contributed by atoms with van der Waals surface area (Å²) in [5.41, 5.74) is 2.20. The standard InChI is InChI=1S/C19H14ClN3O2/c20-15-7-3-13(4-8-15)18(24)22-16-9-5-14(6-10-16)19(25)23-17-2-1-11-21-12-17/h1-12H,(H,22,24)(H,23,25). The minimum absolute atomic E-state index is 0.246. The molecule has 0 radical (unpaired) electrons. The molecule has 0 spiro atoms. The third-order valence-electron chi connectivity index (χ3n) is 3.43. The zero-order valence-electron chi connectivity index (χ0n) is 13.1. The minimum atomic E-state index is -0.247. The summed E-state index contributed by atoms with van der Waals surface area (Å²) in [5.74, 6) is -0.493. The average molecular weight is 352 g/mol. The van der Waals surface area contributed by atoms with E-state index in [1.54, 1.807) is 73.1 Å². The first kappa shape index (κ1) is 16.7. The molecule has 2 amide bonds. The van der Waals surface area contributed by atoms with Crippen LogP contribution in [0.4, 0.5) is 11.4 Å². The number of aromatic nitrogens is 1. The lowest BCUT2D eigenvalue weighted by Gasteiger charge is -2.07. The van der Waals surface area contributed by atoms with E-state index >= 15 is 0 Å². The largest absolute Gasteiger partial charge is 0.322 e. The second kappa shape index (κ2) is 7.59. The Bertz CT molecular complexity index is 879. The van der Waals surface area contributed by atoms with Crippen molar-refractivity contribution >= 4 is 34.8 Å². The number of carbonyl (C=O) groups is 2. The van der Waals surface area contributed by atoms with Crippen LogP contribution in [0.25, 0.3) is 0 Å². The van der Waals surface area contributed by atoms with Crippen molar-refractivity contribution < 1.29 is 9.59 Å². The van der Waals surface area contributed by atoms with Gasteiger partial charge in [-0.1, -0.05) is 11.6 Å². The van der Waals surface area contributed by atoms with Crippen molar-refractivity contribution in [3.63, 3.8) is 0 Å². The Morgan fingerprint density at radius 1 is 0.760 bits per heavy atom. The SMILES string of the molecule is O=C(Nc1ccc(C(=O)Nc2cccnc2)cc1)c1ccc(Cl)cc1. The molecule has 0 bridgehead atoms. The number of pyridine rings is 1. The van der Waals surface area contributed by atoms with E-state index < -0.39 is 0 Å². The number of hydrogen-bond acceptors (Lipinski definition) is 3. The number of rotatable bonds is 4. The number of nitrogens with zero attached hydrogens (tertiary/aromatic N) is 1. The Kier molecular flexibility index (Phi) is 5.06. The molecule has 2 aromatic carbocycles. The summed E-state index contributed by atoms with van der Waals surface area (Å²) in [6, 6.07) is 16.7. The van der Waals surface area contributed by atoms with Gasteiger partial charge in [-0.2, -0.15) is 0 Å². The van der Waals surface area contributed by atoms with E-state index in [0.717, 1.165) is 0 Å². The van der Waals surface area contributed by atoms with E-state index in [-0.39, 0.29) is 11.8 Å². The van der Waals surface area contributed by atoms with Gasteiger partial charge < -0.3 is 10.6 Å². The molecule has 25 heavy (non-hydrogen) atoms. The number of anilines is 2. The predicted octanol–water partition coefficient (Wildman–Crippen LogP) is 4.24. The van der Waals surface area contributed by atoms with Gasteiger partial charge in [-0.3, -0.25) is 14.6 Å². The molecule has 0 atom stereocenters. The van der Waals surface area contributed by atoms with Crippen LogP contribution < -0.4 is 10.6 Å². The fraction of sp³-hybridized carbons (Fsp3) is 0. The van der Waals surface area contributed by atoms with Gasteiger partial charge in [-0.15, -0.1) is 0 Å². The van der Waals surface area contributed by atoms with Gasteiger partial charge in [-0.25, -0.2) is 0 Å². The maximum atomic E-state index is 12.2. The van der Waals surface area contributed by atoms with Crippen LogP contribution in [0.2, 0.25) is 5.02 Å². The molecule has 124 valence electrons. The molecule has 1 heterocycles. The summed E-state index contributed by atoms with van der Waals surface area (Å²) in [5, 5.41) is 6.09. The van der Waals surface area contributed by atoms with Crippen LogP contribution in [0.3, 0.4) is 0 Å². The van der Waals surface area contributed by atoms with Gasteiger partial charge >= 0.3 is 0 Å². The zero-order chi connectivity index (χ0) is 17.6. The van der Waals surface area contributed by atoms with Crippen LogP contribution in [0.5, 0.6) is 0 Å². The summed E-state index contributed by atoms with van der Waals surface area (Å²) in [6.07, 6.45) is 3.20. The second-order valence-corrected chi connectivity index (χ2v) is 5.67. The Morgan fingerprint density at radius 2 is 1.32 bits per heavy atom. The predicted molar refractivity (Wildman–Crippen MR) is 98.0 cm³/mol. The van der Waals surface area contributed by atoms with Crippen LogP contribution in [0.15, 0.2) is 73.1 Å². The van der Waals surface area contributed by atoms with Gasteiger partial charge in [0.05, 0.1) is 11.9 Å². The highest BCUT2D eigenvalue weighted by molar-refractivity contribution is 6.30. The van der Waals surface area contributed by atoms with E-state index in [1.807, 2.05) is 0 Å². The van der Waals surface area contributed by atoms with Gasteiger partial charge in [0.15, 0.2) is 0 Å². The lowest BCUT2D eigenvalue weighted by Crippen LogP contribution is -2.13. The molecule has 6 heteroatoms. The van der Waals surface area contributed by atoms with E-state index in [4.69, 9.17) is 11.6 Å². The fourth-order valence-electron chi connectivity index (χ4n) is 2.15.